The molecule has 1 aliphatic rings. The Morgan fingerprint density at radius 2 is 2.17 bits per heavy atom. The third-order valence-corrected chi connectivity index (χ3v) is 4.10. The van der Waals surface area contributed by atoms with Crippen LogP contribution in [-0.2, 0) is 0 Å². The number of aryl methyl sites for hydroxylation is 1. The number of pyridine rings is 1. The van der Waals surface area contributed by atoms with Gasteiger partial charge >= 0.3 is 6.03 Å². The van der Waals surface area contributed by atoms with Crippen molar-refractivity contribution >= 4 is 17.4 Å². The van der Waals surface area contributed by atoms with Gasteiger partial charge in [-0.05, 0) is 44.0 Å². The van der Waals surface area contributed by atoms with Crippen LogP contribution in [0.2, 0.25) is 0 Å². The van der Waals surface area contributed by atoms with Crippen molar-refractivity contribution in [2.75, 3.05) is 23.3 Å². The maximum Gasteiger partial charge on any atom is 0.319 e. The molecule has 126 valence electrons. The van der Waals surface area contributed by atoms with E-state index in [2.05, 4.69) is 15.6 Å². The van der Waals surface area contributed by atoms with E-state index in [1.807, 2.05) is 24.0 Å². The molecule has 3 rings (SSSR count). The number of anilines is 2. The highest BCUT2D eigenvalue weighted by molar-refractivity contribution is 5.89. The molecule has 2 aromatic rings. The van der Waals surface area contributed by atoms with Gasteiger partial charge in [0.05, 0.1) is 5.69 Å². The first-order valence-corrected chi connectivity index (χ1v) is 8.11. The second-order valence-corrected chi connectivity index (χ2v) is 6.02. The van der Waals surface area contributed by atoms with E-state index < -0.39 is 0 Å². The van der Waals surface area contributed by atoms with E-state index in [0.717, 1.165) is 25.1 Å². The zero-order chi connectivity index (χ0) is 16.9. The Hall–Kier alpha value is -2.63. The van der Waals surface area contributed by atoms with Crippen LogP contribution in [0.4, 0.5) is 20.6 Å². The van der Waals surface area contributed by atoms with Crippen molar-refractivity contribution in [3.63, 3.8) is 0 Å². The molecule has 1 aliphatic heterocycles. The molecule has 5 nitrogen and oxygen atoms in total. The smallest absolute Gasteiger partial charge is 0.319 e. The van der Waals surface area contributed by atoms with E-state index >= 15 is 0 Å². The zero-order valence-electron chi connectivity index (χ0n) is 13.6. The van der Waals surface area contributed by atoms with Crippen molar-refractivity contribution < 1.29 is 9.18 Å². The fourth-order valence-electron chi connectivity index (χ4n) is 3.00. The van der Waals surface area contributed by atoms with Crippen LogP contribution in [0.3, 0.4) is 0 Å². The number of aromatic nitrogens is 1. The minimum atomic E-state index is -0.249. The minimum absolute atomic E-state index is 0.0127. The summed E-state index contributed by atoms with van der Waals surface area (Å²) in [6, 6.07) is 10.0. The maximum atomic E-state index is 13.9. The number of hydrogen-bond acceptors (Lipinski definition) is 3. The normalized spacial score (nSPS) is 17.4. The van der Waals surface area contributed by atoms with Gasteiger partial charge in [-0.25, -0.2) is 9.18 Å². The van der Waals surface area contributed by atoms with E-state index in [0.29, 0.717) is 17.9 Å². The number of halogens is 1. The Morgan fingerprint density at radius 1 is 1.33 bits per heavy atom. The summed E-state index contributed by atoms with van der Waals surface area (Å²) in [7, 11) is 0. The van der Waals surface area contributed by atoms with E-state index in [1.165, 1.54) is 6.07 Å². The van der Waals surface area contributed by atoms with Crippen molar-refractivity contribution in [1.29, 1.82) is 0 Å². The van der Waals surface area contributed by atoms with Gasteiger partial charge in [0.15, 0.2) is 0 Å². The molecule has 0 saturated carbocycles. The van der Waals surface area contributed by atoms with Crippen molar-refractivity contribution in [3.05, 3.63) is 54.1 Å². The van der Waals surface area contributed by atoms with Gasteiger partial charge in [-0.15, -0.1) is 0 Å². The first-order valence-electron chi connectivity index (χ1n) is 8.11. The molecule has 24 heavy (non-hydrogen) atoms. The minimum Gasteiger partial charge on any atom is -0.367 e. The lowest BCUT2D eigenvalue weighted by Crippen LogP contribution is -2.49. The Morgan fingerprint density at radius 3 is 2.96 bits per heavy atom. The molecule has 2 N–H and O–H groups in total. The molecule has 0 spiro atoms. The topological polar surface area (TPSA) is 57.3 Å². The molecular formula is C18H21FN4O. The van der Waals surface area contributed by atoms with Gasteiger partial charge < -0.3 is 15.5 Å². The second-order valence-electron chi connectivity index (χ2n) is 6.02. The van der Waals surface area contributed by atoms with Gasteiger partial charge in [0, 0.05) is 36.7 Å². The standard InChI is InChI=1S/C18H21FN4O/c1-13-11-14(8-9-20-13)21-18(24)22-15-5-4-10-23(12-15)17-7-3-2-6-16(17)19/h2-3,6-9,11,15H,4-5,10,12H2,1H3,(H2,20,21,22,24). The molecule has 2 heterocycles. The Bertz CT molecular complexity index is 722. The summed E-state index contributed by atoms with van der Waals surface area (Å²) >= 11 is 0. The lowest BCUT2D eigenvalue weighted by molar-refractivity contribution is 0.246. The van der Waals surface area contributed by atoms with Crippen LogP contribution >= 0.6 is 0 Å². The molecule has 1 unspecified atom stereocenters. The largest absolute Gasteiger partial charge is 0.367 e. The fourth-order valence-corrected chi connectivity index (χ4v) is 3.00. The average molecular weight is 328 g/mol. The predicted molar refractivity (Wildman–Crippen MR) is 92.8 cm³/mol. The van der Waals surface area contributed by atoms with Gasteiger partial charge in [-0.1, -0.05) is 12.1 Å². The summed E-state index contributed by atoms with van der Waals surface area (Å²) in [6.45, 7) is 3.27. The SMILES string of the molecule is Cc1cc(NC(=O)NC2CCCN(c3ccccc3F)C2)ccn1. The van der Waals surface area contributed by atoms with Crippen molar-refractivity contribution in [3.8, 4) is 0 Å². The molecule has 0 bridgehead atoms. The highest BCUT2D eigenvalue weighted by Gasteiger charge is 2.23. The van der Waals surface area contributed by atoms with E-state index in [-0.39, 0.29) is 17.9 Å². The van der Waals surface area contributed by atoms with Gasteiger partial charge in [0.2, 0.25) is 0 Å². The molecule has 1 saturated heterocycles. The van der Waals surface area contributed by atoms with Gasteiger partial charge in [-0.3, -0.25) is 4.98 Å². The molecule has 1 aromatic carbocycles. The summed E-state index contributed by atoms with van der Waals surface area (Å²) in [6.07, 6.45) is 3.45. The molecule has 2 amide bonds. The number of urea groups is 1. The third kappa shape index (κ3) is 4.01. The van der Waals surface area contributed by atoms with Gasteiger partial charge in [0.25, 0.3) is 0 Å². The van der Waals surface area contributed by atoms with Crippen molar-refractivity contribution in [2.45, 2.75) is 25.8 Å². The fraction of sp³-hybridized carbons (Fsp3) is 0.333. The molecular weight excluding hydrogens is 307 g/mol. The number of nitrogens with zero attached hydrogens (tertiary/aromatic N) is 2. The second kappa shape index (κ2) is 7.29. The Labute approximate surface area is 140 Å². The zero-order valence-corrected chi connectivity index (χ0v) is 13.6. The number of amides is 2. The van der Waals surface area contributed by atoms with Gasteiger partial charge in [0.1, 0.15) is 5.82 Å². The summed E-state index contributed by atoms with van der Waals surface area (Å²) in [5, 5.41) is 5.78. The van der Waals surface area contributed by atoms with Crippen LogP contribution in [0.1, 0.15) is 18.5 Å². The maximum absolute atomic E-state index is 13.9. The average Bonchev–Trinajstić information content (AvgIpc) is 2.55. The first-order chi connectivity index (χ1) is 11.6. The number of carbonyl (C=O) groups is 1. The first kappa shape index (κ1) is 16.2. The van der Waals surface area contributed by atoms with Crippen LogP contribution < -0.4 is 15.5 Å². The molecule has 1 fully saturated rings. The quantitative estimate of drug-likeness (QED) is 0.909. The molecule has 0 aliphatic carbocycles. The highest BCUT2D eigenvalue weighted by Crippen LogP contribution is 2.23. The van der Waals surface area contributed by atoms with Crippen LogP contribution in [0.15, 0.2) is 42.6 Å². The summed E-state index contributed by atoms with van der Waals surface area (Å²) in [4.78, 5) is 18.3. The van der Waals surface area contributed by atoms with Crippen LogP contribution in [0.5, 0.6) is 0 Å². The molecule has 1 aromatic heterocycles. The highest BCUT2D eigenvalue weighted by atomic mass is 19.1. The number of carbonyl (C=O) groups excluding carboxylic acids is 1. The summed E-state index contributed by atoms with van der Waals surface area (Å²) < 4.78 is 13.9. The molecule has 1 atom stereocenters. The lowest BCUT2D eigenvalue weighted by Gasteiger charge is -2.34. The number of rotatable bonds is 3. The number of nitrogens with one attached hydrogen (secondary N) is 2. The van der Waals surface area contributed by atoms with Gasteiger partial charge in [-0.2, -0.15) is 0 Å². The van der Waals surface area contributed by atoms with Crippen LogP contribution in [-0.4, -0.2) is 30.1 Å². The van der Waals surface area contributed by atoms with Crippen LogP contribution in [0, 0.1) is 12.7 Å². The Balaban J connectivity index is 1.59. The number of piperidine rings is 1. The number of hydrogen-bond donors (Lipinski definition) is 2. The number of benzene rings is 1. The lowest BCUT2D eigenvalue weighted by atomic mass is 10.0. The summed E-state index contributed by atoms with van der Waals surface area (Å²) in [5.74, 6) is -0.227. The van der Waals surface area contributed by atoms with Crippen LogP contribution in [0.25, 0.3) is 0 Å². The number of para-hydroxylation sites is 1. The van der Waals surface area contributed by atoms with E-state index in [9.17, 15) is 9.18 Å². The monoisotopic (exact) mass is 328 g/mol. The third-order valence-electron chi connectivity index (χ3n) is 4.10. The molecule has 6 heteroatoms. The Kier molecular flexibility index (Phi) is 4.93. The van der Waals surface area contributed by atoms with Crippen molar-refractivity contribution in [2.24, 2.45) is 0 Å². The van der Waals surface area contributed by atoms with E-state index in [4.69, 9.17) is 0 Å². The summed E-state index contributed by atoms with van der Waals surface area (Å²) in [5.41, 5.74) is 2.15. The molecule has 0 radical (unpaired) electrons. The van der Waals surface area contributed by atoms with Crippen molar-refractivity contribution in [1.82, 2.24) is 10.3 Å². The predicted octanol–water partition coefficient (Wildman–Crippen LogP) is 3.32. The van der Waals surface area contributed by atoms with E-state index in [1.54, 1.807) is 24.4 Å².